The van der Waals surface area contributed by atoms with Crippen molar-refractivity contribution in [3.05, 3.63) is 47.7 Å². The molecule has 1 fully saturated rings. The monoisotopic (exact) mass is 238 g/mol. The second-order valence-electron chi connectivity index (χ2n) is 4.49. The molecule has 90 valence electrons. The Balaban J connectivity index is 1.99. The predicted octanol–water partition coefficient (Wildman–Crippen LogP) is 2.53. The Labute approximate surface area is 106 Å². The van der Waals surface area contributed by atoms with E-state index in [0.717, 1.165) is 41.4 Å². The number of fused-ring (bicyclic) bond motifs is 1. The van der Waals surface area contributed by atoms with Gasteiger partial charge >= 0.3 is 0 Å². The standard InChI is InChI=1S/C15H14N2O/c18-15-13(5-3-7-16-15)9-11-8-12-4-1-2-6-14(12)17-10-11/h1-2,4,6,8-10H,3,5,7H2,(H,16,18)/b13-9+. The minimum Gasteiger partial charge on any atom is -0.352 e. The summed E-state index contributed by atoms with van der Waals surface area (Å²) >= 11 is 0. The lowest BCUT2D eigenvalue weighted by Crippen LogP contribution is -2.30. The van der Waals surface area contributed by atoms with Crippen molar-refractivity contribution in [2.75, 3.05) is 6.54 Å². The fourth-order valence-electron chi connectivity index (χ4n) is 2.21. The van der Waals surface area contributed by atoms with Gasteiger partial charge in [-0.2, -0.15) is 0 Å². The van der Waals surface area contributed by atoms with Crippen LogP contribution >= 0.6 is 0 Å². The number of piperidine rings is 1. The first-order valence-corrected chi connectivity index (χ1v) is 6.16. The SMILES string of the molecule is O=C1NCCC/C1=C\c1cnc2ccccc2c1. The van der Waals surface area contributed by atoms with E-state index in [4.69, 9.17) is 0 Å². The van der Waals surface area contributed by atoms with Crippen LogP contribution in [0.1, 0.15) is 18.4 Å². The molecule has 0 atom stereocenters. The van der Waals surface area contributed by atoms with E-state index in [2.05, 4.69) is 16.4 Å². The summed E-state index contributed by atoms with van der Waals surface area (Å²) in [6.45, 7) is 0.784. The van der Waals surface area contributed by atoms with Crippen molar-refractivity contribution in [1.29, 1.82) is 0 Å². The second kappa shape index (κ2) is 4.61. The van der Waals surface area contributed by atoms with Crippen LogP contribution in [-0.2, 0) is 4.79 Å². The molecule has 3 heteroatoms. The Morgan fingerprint density at radius 2 is 2.17 bits per heavy atom. The summed E-state index contributed by atoms with van der Waals surface area (Å²) in [5.41, 5.74) is 2.81. The first-order valence-electron chi connectivity index (χ1n) is 6.16. The second-order valence-corrected chi connectivity index (χ2v) is 4.49. The number of amides is 1. The molecule has 1 aromatic heterocycles. The first kappa shape index (κ1) is 11.0. The van der Waals surface area contributed by atoms with E-state index in [1.807, 2.05) is 36.5 Å². The number of rotatable bonds is 1. The van der Waals surface area contributed by atoms with Crippen LogP contribution in [0.3, 0.4) is 0 Å². The number of hydrogen-bond donors (Lipinski definition) is 1. The first-order chi connectivity index (χ1) is 8.83. The number of aromatic nitrogens is 1. The average Bonchev–Trinajstić information content (AvgIpc) is 2.41. The van der Waals surface area contributed by atoms with Crippen LogP contribution in [0.25, 0.3) is 17.0 Å². The van der Waals surface area contributed by atoms with E-state index in [9.17, 15) is 4.79 Å². The number of pyridine rings is 1. The topological polar surface area (TPSA) is 42.0 Å². The molecule has 1 amide bonds. The molecular weight excluding hydrogens is 224 g/mol. The molecule has 1 N–H and O–H groups in total. The summed E-state index contributed by atoms with van der Waals surface area (Å²) in [7, 11) is 0. The third kappa shape index (κ3) is 2.12. The van der Waals surface area contributed by atoms with Crippen LogP contribution in [0.4, 0.5) is 0 Å². The number of nitrogens with one attached hydrogen (secondary N) is 1. The Hall–Kier alpha value is -2.16. The maximum absolute atomic E-state index is 11.7. The van der Waals surface area contributed by atoms with Crippen molar-refractivity contribution in [3.8, 4) is 0 Å². The summed E-state index contributed by atoms with van der Waals surface area (Å²) in [5.74, 6) is 0.0504. The minimum absolute atomic E-state index is 0.0504. The Morgan fingerprint density at radius 1 is 1.28 bits per heavy atom. The largest absolute Gasteiger partial charge is 0.352 e. The van der Waals surface area contributed by atoms with E-state index in [-0.39, 0.29) is 5.91 Å². The number of carbonyl (C=O) groups is 1. The van der Waals surface area contributed by atoms with Gasteiger partial charge in [0.2, 0.25) is 5.91 Å². The zero-order valence-corrected chi connectivity index (χ0v) is 10.0. The zero-order valence-electron chi connectivity index (χ0n) is 10.0. The molecule has 1 aliphatic rings. The smallest absolute Gasteiger partial charge is 0.247 e. The maximum Gasteiger partial charge on any atom is 0.247 e. The van der Waals surface area contributed by atoms with Crippen molar-refractivity contribution in [1.82, 2.24) is 10.3 Å². The summed E-state index contributed by atoms with van der Waals surface area (Å²) in [4.78, 5) is 16.1. The fourth-order valence-corrected chi connectivity index (χ4v) is 2.21. The number of benzene rings is 1. The van der Waals surface area contributed by atoms with Crippen LogP contribution in [0.15, 0.2) is 42.1 Å². The van der Waals surface area contributed by atoms with Crippen molar-refractivity contribution < 1.29 is 4.79 Å². The van der Waals surface area contributed by atoms with Crippen molar-refractivity contribution >= 4 is 22.9 Å². The lowest BCUT2D eigenvalue weighted by molar-refractivity contribution is -0.118. The van der Waals surface area contributed by atoms with E-state index in [1.54, 1.807) is 0 Å². The fraction of sp³-hybridized carbons (Fsp3) is 0.200. The van der Waals surface area contributed by atoms with E-state index in [1.165, 1.54) is 0 Å². The molecule has 2 aromatic rings. The van der Waals surface area contributed by atoms with Gasteiger partial charge in [0.1, 0.15) is 0 Å². The van der Waals surface area contributed by atoms with Gasteiger partial charge in [0, 0.05) is 23.7 Å². The lowest BCUT2D eigenvalue weighted by atomic mass is 10.0. The third-order valence-electron chi connectivity index (χ3n) is 3.15. The maximum atomic E-state index is 11.7. The lowest BCUT2D eigenvalue weighted by Gasteiger charge is -2.14. The van der Waals surface area contributed by atoms with Crippen LogP contribution < -0.4 is 5.32 Å². The van der Waals surface area contributed by atoms with Gasteiger partial charge in [-0.05, 0) is 36.6 Å². The molecule has 3 rings (SSSR count). The third-order valence-corrected chi connectivity index (χ3v) is 3.15. The highest BCUT2D eigenvalue weighted by molar-refractivity contribution is 5.98. The molecular formula is C15H14N2O. The normalized spacial score (nSPS) is 18.0. The molecule has 1 aromatic carbocycles. The van der Waals surface area contributed by atoms with Gasteiger partial charge in [0.15, 0.2) is 0 Å². The van der Waals surface area contributed by atoms with Crippen LogP contribution in [0, 0.1) is 0 Å². The van der Waals surface area contributed by atoms with Crippen LogP contribution in [0.5, 0.6) is 0 Å². The van der Waals surface area contributed by atoms with Gasteiger partial charge < -0.3 is 5.32 Å². The van der Waals surface area contributed by atoms with Gasteiger partial charge in [-0.3, -0.25) is 9.78 Å². The summed E-state index contributed by atoms with van der Waals surface area (Å²) in [6, 6.07) is 10.1. The van der Waals surface area contributed by atoms with Crippen LogP contribution in [-0.4, -0.2) is 17.4 Å². The van der Waals surface area contributed by atoms with E-state index < -0.39 is 0 Å². The van der Waals surface area contributed by atoms with Gasteiger partial charge in [-0.25, -0.2) is 0 Å². The van der Waals surface area contributed by atoms with Gasteiger partial charge in [0.25, 0.3) is 0 Å². The van der Waals surface area contributed by atoms with E-state index in [0.29, 0.717) is 0 Å². The zero-order chi connectivity index (χ0) is 12.4. The number of para-hydroxylation sites is 1. The van der Waals surface area contributed by atoms with Crippen molar-refractivity contribution in [2.24, 2.45) is 0 Å². The highest BCUT2D eigenvalue weighted by Gasteiger charge is 2.13. The van der Waals surface area contributed by atoms with Crippen molar-refractivity contribution in [2.45, 2.75) is 12.8 Å². The molecule has 3 nitrogen and oxygen atoms in total. The Kier molecular flexibility index (Phi) is 2.81. The van der Waals surface area contributed by atoms with Crippen LogP contribution in [0.2, 0.25) is 0 Å². The molecule has 1 saturated heterocycles. The molecule has 18 heavy (non-hydrogen) atoms. The van der Waals surface area contributed by atoms with E-state index >= 15 is 0 Å². The molecule has 0 spiro atoms. The van der Waals surface area contributed by atoms with Crippen molar-refractivity contribution in [3.63, 3.8) is 0 Å². The molecule has 0 saturated carbocycles. The molecule has 2 heterocycles. The molecule has 1 aliphatic heterocycles. The number of nitrogens with zero attached hydrogens (tertiary/aromatic N) is 1. The number of carbonyl (C=O) groups excluding carboxylic acids is 1. The molecule has 0 radical (unpaired) electrons. The average molecular weight is 238 g/mol. The van der Waals surface area contributed by atoms with Gasteiger partial charge in [-0.15, -0.1) is 0 Å². The summed E-state index contributed by atoms with van der Waals surface area (Å²) < 4.78 is 0. The van der Waals surface area contributed by atoms with Gasteiger partial charge in [0.05, 0.1) is 5.52 Å². The minimum atomic E-state index is 0.0504. The van der Waals surface area contributed by atoms with Gasteiger partial charge in [-0.1, -0.05) is 18.2 Å². The Bertz CT molecular complexity index is 631. The summed E-state index contributed by atoms with van der Waals surface area (Å²) in [6.07, 6.45) is 5.61. The number of hydrogen-bond acceptors (Lipinski definition) is 2. The molecule has 0 bridgehead atoms. The highest BCUT2D eigenvalue weighted by atomic mass is 16.1. The quantitative estimate of drug-likeness (QED) is 0.776. The Morgan fingerprint density at radius 3 is 3.06 bits per heavy atom. The predicted molar refractivity (Wildman–Crippen MR) is 72.0 cm³/mol. The molecule has 0 aliphatic carbocycles. The summed E-state index contributed by atoms with van der Waals surface area (Å²) in [5, 5.41) is 3.96. The highest BCUT2D eigenvalue weighted by Crippen LogP contribution is 2.18. The molecule has 0 unspecified atom stereocenters.